The second-order valence-electron chi connectivity index (χ2n) is 1.72. The normalized spacial score (nSPS) is 20.1. The summed E-state index contributed by atoms with van der Waals surface area (Å²) in [4.78, 5) is 1.22. The average Bonchev–Trinajstić information content (AvgIpc) is 1.86. The van der Waals surface area contributed by atoms with Gasteiger partial charge in [0.1, 0.15) is 0 Å². The number of hydrogen-bond donors (Lipinski definition) is 2. The van der Waals surface area contributed by atoms with Crippen LogP contribution in [0.25, 0.3) is 0 Å². The van der Waals surface area contributed by atoms with Gasteiger partial charge in [0.2, 0.25) is 0 Å². The molecule has 1 unspecified atom stereocenters. The Kier molecular flexibility index (Phi) is 2.27. The van der Waals surface area contributed by atoms with Gasteiger partial charge in [-0.1, -0.05) is 0 Å². The first kappa shape index (κ1) is 4.73. The molecule has 0 bridgehead atoms. The molecule has 50 valence electrons. The summed E-state index contributed by atoms with van der Waals surface area (Å²) >= 11 is 0. The predicted molar refractivity (Wildman–Crippen MR) is 31.6 cm³/mol. The van der Waals surface area contributed by atoms with Gasteiger partial charge < -0.3 is 15.1 Å². The van der Waals surface area contributed by atoms with Gasteiger partial charge in [-0.2, -0.15) is 0 Å². The van der Waals surface area contributed by atoms with E-state index in [1.807, 2.05) is 0 Å². The molecule has 0 saturated heterocycles. The highest BCUT2D eigenvalue weighted by molar-refractivity contribution is 4.54. The summed E-state index contributed by atoms with van der Waals surface area (Å²) < 4.78 is 14.3. The minimum Gasteiger partial charge on any atom is -0.394 e. The summed E-state index contributed by atoms with van der Waals surface area (Å²) in [5, 5.41) is 17.3. The van der Waals surface area contributed by atoms with Gasteiger partial charge in [-0.05, 0) is 14.1 Å². The second kappa shape index (κ2) is 3.83. The molecule has 8 heavy (non-hydrogen) atoms. The number of likely N-dealkylation sites (N-methyl/N-ethyl adjacent to an activating group) is 1. The fourth-order valence-electron chi connectivity index (χ4n) is 0.339. The van der Waals surface area contributed by atoms with E-state index in [2.05, 4.69) is 0 Å². The Balaban J connectivity index is 4.09. The van der Waals surface area contributed by atoms with Crippen molar-refractivity contribution < 1.29 is 13.0 Å². The Labute approximate surface area is 52.4 Å². The van der Waals surface area contributed by atoms with Crippen LogP contribution < -0.4 is 0 Å². The minimum atomic E-state index is -1.85. The quantitative estimate of drug-likeness (QED) is 0.498. The molecule has 0 saturated carbocycles. The smallest absolute Gasteiger partial charge is 0.0897 e. The summed E-state index contributed by atoms with van der Waals surface area (Å²) in [6, 6.07) is 0. The number of aliphatic hydroxyl groups excluding tert-OH is 2. The summed E-state index contributed by atoms with van der Waals surface area (Å²) in [6.45, 7) is -2.42. The first-order chi connectivity index (χ1) is 4.42. The average molecular weight is 121 g/mol. The van der Waals surface area contributed by atoms with E-state index >= 15 is 0 Å². The van der Waals surface area contributed by atoms with E-state index in [-0.39, 0.29) is 0 Å². The first-order valence-corrected chi connectivity index (χ1v) is 2.39. The second-order valence-corrected chi connectivity index (χ2v) is 1.72. The van der Waals surface area contributed by atoms with Crippen molar-refractivity contribution in [3.8, 4) is 0 Å². The van der Waals surface area contributed by atoms with Gasteiger partial charge in [-0.3, -0.25) is 0 Å². The van der Waals surface area contributed by atoms with E-state index in [0.717, 1.165) is 0 Å². The zero-order chi connectivity index (χ0) is 8.36. The topological polar surface area (TPSA) is 43.7 Å². The largest absolute Gasteiger partial charge is 0.394 e. The molecule has 1 atom stereocenters. The SMILES string of the molecule is [2H]C([2H])(C(O)CO)N(C)C. The van der Waals surface area contributed by atoms with Crippen LogP contribution in [0.3, 0.4) is 0 Å². The van der Waals surface area contributed by atoms with Crippen molar-refractivity contribution in [3.63, 3.8) is 0 Å². The molecule has 0 aliphatic rings. The molecule has 0 heterocycles. The van der Waals surface area contributed by atoms with Gasteiger partial charge in [-0.25, -0.2) is 0 Å². The summed E-state index contributed by atoms with van der Waals surface area (Å²) in [6.07, 6.45) is -1.34. The molecule has 0 aliphatic carbocycles. The minimum absolute atomic E-state index is 0.564. The Morgan fingerprint density at radius 2 is 2.25 bits per heavy atom. The molecule has 0 aromatic carbocycles. The number of aliphatic hydroxyl groups is 2. The lowest BCUT2D eigenvalue weighted by Gasteiger charge is -2.12. The Morgan fingerprint density at radius 3 is 2.38 bits per heavy atom. The van der Waals surface area contributed by atoms with Gasteiger partial charge in [0.05, 0.1) is 12.7 Å². The molecule has 0 aromatic rings. The number of hydrogen-bond acceptors (Lipinski definition) is 3. The van der Waals surface area contributed by atoms with E-state index in [1.165, 1.54) is 19.0 Å². The molecule has 0 fully saturated rings. The molecule has 3 heteroatoms. The van der Waals surface area contributed by atoms with Gasteiger partial charge in [0, 0.05) is 9.24 Å². The van der Waals surface area contributed by atoms with Crippen LogP contribution in [0, 0.1) is 0 Å². The molecule has 0 aromatic heterocycles. The van der Waals surface area contributed by atoms with Crippen LogP contribution in [0.15, 0.2) is 0 Å². The zero-order valence-corrected chi connectivity index (χ0v) is 5.13. The standard InChI is InChI=1S/C5H13NO2/c1-6(2)3-5(8)4-7/h5,7-8H,3-4H2,1-2H3/i3D2. The highest BCUT2D eigenvalue weighted by Gasteiger charge is 2.00. The van der Waals surface area contributed by atoms with Crippen molar-refractivity contribution >= 4 is 0 Å². The third-order valence-electron chi connectivity index (χ3n) is 0.580. The van der Waals surface area contributed by atoms with Gasteiger partial charge in [0.25, 0.3) is 0 Å². The molecular weight excluding hydrogens is 106 g/mol. The summed E-state index contributed by atoms with van der Waals surface area (Å²) in [5.74, 6) is 0. The highest BCUT2D eigenvalue weighted by Crippen LogP contribution is 1.81. The molecule has 0 aliphatic heterocycles. The van der Waals surface area contributed by atoms with Gasteiger partial charge in [-0.15, -0.1) is 0 Å². The lowest BCUT2D eigenvalue weighted by atomic mass is 10.4. The van der Waals surface area contributed by atoms with Gasteiger partial charge >= 0.3 is 0 Å². The van der Waals surface area contributed by atoms with Crippen molar-refractivity contribution in [3.05, 3.63) is 0 Å². The monoisotopic (exact) mass is 121 g/mol. The lowest BCUT2D eigenvalue weighted by Crippen LogP contribution is -2.28. The molecule has 0 rings (SSSR count). The third kappa shape index (κ3) is 4.05. The lowest BCUT2D eigenvalue weighted by molar-refractivity contribution is 0.0728. The van der Waals surface area contributed by atoms with E-state index < -0.39 is 19.2 Å². The Morgan fingerprint density at radius 1 is 1.75 bits per heavy atom. The first-order valence-electron chi connectivity index (χ1n) is 3.39. The van der Waals surface area contributed by atoms with E-state index in [4.69, 9.17) is 13.0 Å². The summed E-state index contributed by atoms with van der Waals surface area (Å²) in [7, 11) is 3.00. The Hall–Kier alpha value is -0.120. The zero-order valence-electron chi connectivity index (χ0n) is 7.13. The van der Waals surface area contributed by atoms with E-state index in [0.29, 0.717) is 0 Å². The van der Waals surface area contributed by atoms with Gasteiger partial charge in [0.15, 0.2) is 0 Å². The maximum absolute atomic E-state index is 8.89. The summed E-state index contributed by atoms with van der Waals surface area (Å²) in [5.41, 5.74) is 0. The predicted octanol–water partition coefficient (Wildman–Crippen LogP) is -1.10. The van der Waals surface area contributed by atoms with Crippen molar-refractivity contribution in [2.24, 2.45) is 0 Å². The van der Waals surface area contributed by atoms with Crippen LogP contribution in [0.4, 0.5) is 0 Å². The fraction of sp³-hybridized carbons (Fsp3) is 1.00. The van der Waals surface area contributed by atoms with Crippen molar-refractivity contribution in [2.45, 2.75) is 6.10 Å². The van der Waals surface area contributed by atoms with Crippen LogP contribution in [0.1, 0.15) is 2.74 Å². The van der Waals surface area contributed by atoms with Crippen LogP contribution in [-0.4, -0.2) is 48.4 Å². The molecule has 2 N–H and O–H groups in total. The van der Waals surface area contributed by atoms with Crippen LogP contribution in [-0.2, 0) is 0 Å². The molecule has 0 spiro atoms. The van der Waals surface area contributed by atoms with Crippen LogP contribution in [0.2, 0.25) is 0 Å². The maximum atomic E-state index is 8.89. The molecular formula is C5H13NO2. The molecule has 0 radical (unpaired) electrons. The highest BCUT2D eigenvalue weighted by atomic mass is 16.3. The van der Waals surface area contributed by atoms with Crippen molar-refractivity contribution in [2.75, 3.05) is 27.2 Å². The van der Waals surface area contributed by atoms with Crippen molar-refractivity contribution in [1.82, 2.24) is 4.90 Å². The third-order valence-corrected chi connectivity index (χ3v) is 0.580. The van der Waals surface area contributed by atoms with E-state index in [1.54, 1.807) is 0 Å². The van der Waals surface area contributed by atoms with Crippen LogP contribution in [0.5, 0.6) is 0 Å². The number of nitrogens with zero attached hydrogens (tertiary/aromatic N) is 1. The molecule has 0 amide bonds. The fourth-order valence-corrected chi connectivity index (χ4v) is 0.339. The Bertz CT molecular complexity index is 108. The van der Waals surface area contributed by atoms with Crippen molar-refractivity contribution in [1.29, 1.82) is 0 Å². The molecule has 3 nitrogen and oxygen atoms in total. The maximum Gasteiger partial charge on any atom is 0.0897 e. The van der Waals surface area contributed by atoms with Crippen LogP contribution >= 0.6 is 0 Å². The number of rotatable bonds is 3. The van der Waals surface area contributed by atoms with E-state index in [9.17, 15) is 0 Å².